The molecule has 2 aromatic carbocycles. The number of carbonyl (C=O) groups is 3. The molecule has 0 radical (unpaired) electrons. The third-order valence-corrected chi connectivity index (χ3v) is 4.08. The van der Waals surface area contributed by atoms with E-state index in [9.17, 15) is 14.4 Å². The number of aryl methyl sites for hydroxylation is 2. The highest BCUT2D eigenvalue weighted by atomic mass is 35.5. The molecular formula is C20H24ClN3O4. The first-order valence-electron chi connectivity index (χ1n) is 8.56. The summed E-state index contributed by atoms with van der Waals surface area (Å²) in [7, 11) is 0. The van der Waals surface area contributed by atoms with Gasteiger partial charge in [0.1, 0.15) is 0 Å². The monoisotopic (exact) mass is 405 g/mol. The van der Waals surface area contributed by atoms with Crippen LogP contribution in [0.4, 0.5) is 5.69 Å². The smallest absolute Gasteiger partial charge is 0.307 e. The Hall–Kier alpha value is -2.90. The van der Waals surface area contributed by atoms with E-state index in [0.717, 1.165) is 29.5 Å². The largest absolute Gasteiger partial charge is 0.481 e. The van der Waals surface area contributed by atoms with Gasteiger partial charge in [-0.1, -0.05) is 36.4 Å². The zero-order chi connectivity index (χ0) is 19.8. The normalized spacial score (nSPS) is 9.93. The minimum Gasteiger partial charge on any atom is -0.481 e. The number of carbonyl (C=O) groups excluding carboxylic acids is 2. The predicted octanol–water partition coefficient (Wildman–Crippen LogP) is 2.01. The summed E-state index contributed by atoms with van der Waals surface area (Å²) < 4.78 is 0. The summed E-state index contributed by atoms with van der Waals surface area (Å²) >= 11 is 0. The molecule has 0 unspecified atom stereocenters. The summed E-state index contributed by atoms with van der Waals surface area (Å²) in [5.41, 5.74) is 6.21. The Labute approximate surface area is 169 Å². The lowest BCUT2D eigenvalue weighted by Gasteiger charge is -2.11. The van der Waals surface area contributed by atoms with Gasteiger partial charge in [0.05, 0.1) is 12.8 Å². The Kier molecular flexibility index (Phi) is 9.14. The number of anilines is 1. The van der Waals surface area contributed by atoms with Crippen molar-refractivity contribution in [3.05, 3.63) is 64.7 Å². The van der Waals surface area contributed by atoms with E-state index in [1.807, 2.05) is 36.4 Å². The molecule has 0 saturated carbocycles. The van der Waals surface area contributed by atoms with Crippen LogP contribution < -0.4 is 16.6 Å². The van der Waals surface area contributed by atoms with Crippen molar-refractivity contribution in [2.45, 2.75) is 32.6 Å². The van der Waals surface area contributed by atoms with Gasteiger partial charge in [0, 0.05) is 12.6 Å². The number of hydrazine groups is 1. The third kappa shape index (κ3) is 7.38. The van der Waals surface area contributed by atoms with Crippen molar-refractivity contribution in [1.29, 1.82) is 0 Å². The molecule has 2 amide bonds. The van der Waals surface area contributed by atoms with Crippen LogP contribution in [0.15, 0.2) is 42.5 Å². The van der Waals surface area contributed by atoms with Gasteiger partial charge in [-0.25, -0.2) is 5.84 Å². The zero-order valence-corrected chi connectivity index (χ0v) is 16.3. The van der Waals surface area contributed by atoms with Crippen molar-refractivity contribution in [2.75, 3.05) is 5.32 Å². The Morgan fingerprint density at radius 3 is 2.07 bits per heavy atom. The first-order chi connectivity index (χ1) is 12.9. The number of carboxylic acid groups (broad SMARTS) is 1. The van der Waals surface area contributed by atoms with Gasteiger partial charge in [-0.05, 0) is 41.2 Å². The van der Waals surface area contributed by atoms with Crippen LogP contribution >= 0.6 is 12.4 Å². The predicted molar refractivity (Wildman–Crippen MR) is 109 cm³/mol. The maximum atomic E-state index is 11.4. The molecular weight excluding hydrogens is 382 g/mol. The van der Waals surface area contributed by atoms with E-state index >= 15 is 0 Å². The standard InChI is InChI=1S/C20H23N3O4.ClH/c1-13(24)22-18-10-15(8-9-17(18)12-20(26)27)5-2-14-3-6-16(7-4-14)11-19(25)23-21;/h3-4,6-10H,2,5,11-12,21H2,1H3,(H,22,24)(H,23,25)(H,26,27);1H. The van der Waals surface area contributed by atoms with Crippen molar-refractivity contribution in [3.63, 3.8) is 0 Å². The molecule has 0 fully saturated rings. The molecule has 0 heterocycles. The molecule has 28 heavy (non-hydrogen) atoms. The summed E-state index contributed by atoms with van der Waals surface area (Å²) in [4.78, 5) is 33.6. The van der Waals surface area contributed by atoms with Gasteiger partial charge in [0.2, 0.25) is 11.8 Å². The number of hydrogen-bond donors (Lipinski definition) is 4. The second-order valence-corrected chi connectivity index (χ2v) is 6.30. The number of aliphatic carboxylic acids is 1. The summed E-state index contributed by atoms with van der Waals surface area (Å²) in [6.07, 6.45) is 1.61. The van der Waals surface area contributed by atoms with Crippen molar-refractivity contribution in [3.8, 4) is 0 Å². The summed E-state index contributed by atoms with van der Waals surface area (Å²) in [6.45, 7) is 1.39. The molecule has 2 aromatic rings. The van der Waals surface area contributed by atoms with Crippen molar-refractivity contribution in [2.24, 2.45) is 5.84 Å². The first kappa shape index (κ1) is 23.1. The molecule has 8 heteroatoms. The van der Waals surface area contributed by atoms with Gasteiger partial charge >= 0.3 is 5.97 Å². The molecule has 0 aliphatic rings. The number of nitrogens with one attached hydrogen (secondary N) is 2. The second-order valence-electron chi connectivity index (χ2n) is 6.30. The summed E-state index contributed by atoms with van der Waals surface area (Å²) in [5, 5.41) is 11.7. The second kappa shape index (κ2) is 11.1. The number of nitrogens with two attached hydrogens (primary N) is 1. The number of carboxylic acids is 1. The van der Waals surface area contributed by atoms with Crippen LogP contribution in [0, 0.1) is 0 Å². The maximum Gasteiger partial charge on any atom is 0.307 e. The molecule has 2 rings (SSSR count). The molecule has 0 spiro atoms. The van der Waals surface area contributed by atoms with Crippen LogP contribution in [0.25, 0.3) is 0 Å². The lowest BCUT2D eigenvalue weighted by atomic mass is 9.99. The van der Waals surface area contributed by atoms with E-state index in [4.69, 9.17) is 10.9 Å². The average molecular weight is 406 g/mol. The van der Waals surface area contributed by atoms with Crippen LogP contribution in [0.1, 0.15) is 29.2 Å². The molecule has 0 saturated heterocycles. The van der Waals surface area contributed by atoms with E-state index in [2.05, 4.69) is 10.7 Å². The van der Waals surface area contributed by atoms with Gasteiger partial charge < -0.3 is 10.4 Å². The fraction of sp³-hybridized carbons (Fsp3) is 0.250. The van der Waals surface area contributed by atoms with Gasteiger partial charge in [-0.3, -0.25) is 19.8 Å². The molecule has 0 atom stereocenters. The molecule has 0 aliphatic carbocycles. The van der Waals surface area contributed by atoms with E-state index in [-0.39, 0.29) is 37.1 Å². The van der Waals surface area contributed by atoms with Crippen molar-refractivity contribution < 1.29 is 19.5 Å². The number of rotatable bonds is 8. The van der Waals surface area contributed by atoms with Gasteiger partial charge in [-0.15, -0.1) is 12.4 Å². The van der Waals surface area contributed by atoms with Crippen LogP contribution in [-0.4, -0.2) is 22.9 Å². The fourth-order valence-electron chi connectivity index (χ4n) is 2.75. The van der Waals surface area contributed by atoms with Crippen LogP contribution in [0.3, 0.4) is 0 Å². The molecule has 0 aromatic heterocycles. The third-order valence-electron chi connectivity index (χ3n) is 4.08. The number of halogens is 1. The lowest BCUT2D eigenvalue weighted by Crippen LogP contribution is -2.31. The van der Waals surface area contributed by atoms with Gasteiger partial charge in [0.15, 0.2) is 0 Å². The molecule has 0 aliphatic heterocycles. The average Bonchev–Trinajstić information content (AvgIpc) is 2.62. The zero-order valence-electron chi connectivity index (χ0n) is 15.5. The fourth-order valence-corrected chi connectivity index (χ4v) is 2.75. The highest BCUT2D eigenvalue weighted by Gasteiger charge is 2.10. The molecule has 5 N–H and O–H groups in total. The Bertz CT molecular complexity index is 838. The Morgan fingerprint density at radius 2 is 1.50 bits per heavy atom. The highest BCUT2D eigenvalue weighted by molar-refractivity contribution is 5.90. The van der Waals surface area contributed by atoms with Crippen molar-refractivity contribution >= 4 is 35.9 Å². The molecule has 7 nitrogen and oxygen atoms in total. The van der Waals surface area contributed by atoms with Crippen LogP contribution in [-0.2, 0) is 40.1 Å². The summed E-state index contributed by atoms with van der Waals surface area (Å²) in [5.74, 6) is 3.66. The minimum atomic E-state index is -0.947. The lowest BCUT2D eigenvalue weighted by molar-refractivity contribution is -0.136. The quantitative estimate of drug-likeness (QED) is 0.304. The topological polar surface area (TPSA) is 122 Å². The maximum absolute atomic E-state index is 11.4. The Morgan fingerprint density at radius 1 is 0.929 bits per heavy atom. The van der Waals surface area contributed by atoms with E-state index in [1.54, 1.807) is 6.07 Å². The minimum absolute atomic E-state index is 0. The number of amides is 2. The van der Waals surface area contributed by atoms with E-state index in [1.165, 1.54) is 6.92 Å². The van der Waals surface area contributed by atoms with Crippen LogP contribution in [0.5, 0.6) is 0 Å². The SMILES string of the molecule is CC(=O)Nc1cc(CCc2ccc(CC(=O)NN)cc2)ccc1CC(=O)O.Cl. The summed E-state index contributed by atoms with van der Waals surface area (Å²) in [6, 6.07) is 13.2. The van der Waals surface area contributed by atoms with E-state index < -0.39 is 5.97 Å². The van der Waals surface area contributed by atoms with Gasteiger partial charge in [0.25, 0.3) is 0 Å². The Balaban J connectivity index is 0.00000392. The van der Waals surface area contributed by atoms with Crippen LogP contribution in [0.2, 0.25) is 0 Å². The number of benzene rings is 2. The highest BCUT2D eigenvalue weighted by Crippen LogP contribution is 2.20. The van der Waals surface area contributed by atoms with E-state index in [0.29, 0.717) is 11.3 Å². The molecule has 150 valence electrons. The first-order valence-corrected chi connectivity index (χ1v) is 8.56. The number of hydrogen-bond acceptors (Lipinski definition) is 4. The van der Waals surface area contributed by atoms with Gasteiger partial charge in [-0.2, -0.15) is 0 Å². The molecule has 0 bridgehead atoms. The van der Waals surface area contributed by atoms with Crippen molar-refractivity contribution in [1.82, 2.24) is 5.43 Å².